The van der Waals surface area contributed by atoms with Gasteiger partial charge in [-0.15, -0.1) is 0 Å². The summed E-state index contributed by atoms with van der Waals surface area (Å²) >= 11 is 0. The van der Waals surface area contributed by atoms with E-state index in [1.54, 1.807) is 6.92 Å². The third-order valence-electron chi connectivity index (χ3n) is 4.11. The molecular formula is C12H16O3. The van der Waals surface area contributed by atoms with Crippen molar-refractivity contribution in [3.8, 4) is 0 Å². The number of ketones is 1. The fraction of sp³-hybridized carbons (Fsp3) is 0.667. The van der Waals surface area contributed by atoms with Crippen LogP contribution in [0.1, 0.15) is 39.5 Å². The summed E-state index contributed by atoms with van der Waals surface area (Å²) in [6.07, 6.45) is 3.09. The molecule has 1 N–H and O–H groups in total. The van der Waals surface area contributed by atoms with Crippen LogP contribution in [-0.2, 0) is 9.59 Å². The van der Waals surface area contributed by atoms with E-state index in [0.29, 0.717) is 12.0 Å². The van der Waals surface area contributed by atoms with Gasteiger partial charge in [-0.2, -0.15) is 0 Å². The van der Waals surface area contributed by atoms with Crippen LogP contribution in [0.4, 0.5) is 0 Å². The first-order valence-corrected chi connectivity index (χ1v) is 5.47. The molecule has 0 spiro atoms. The summed E-state index contributed by atoms with van der Waals surface area (Å²) in [5.74, 6) is -0.741. The summed E-state index contributed by atoms with van der Waals surface area (Å²) in [7, 11) is 0. The van der Waals surface area contributed by atoms with E-state index in [1.165, 1.54) is 0 Å². The van der Waals surface area contributed by atoms with E-state index in [9.17, 15) is 14.7 Å². The van der Waals surface area contributed by atoms with E-state index >= 15 is 0 Å². The van der Waals surface area contributed by atoms with E-state index in [0.717, 1.165) is 24.8 Å². The molecule has 0 fully saturated rings. The first-order chi connectivity index (χ1) is 6.98. The molecule has 0 aliphatic heterocycles. The Kier molecular flexibility index (Phi) is 2.21. The van der Waals surface area contributed by atoms with Crippen LogP contribution in [0.3, 0.4) is 0 Å². The Hall–Kier alpha value is -1.12. The number of rotatable bonds is 1. The van der Waals surface area contributed by atoms with E-state index < -0.39 is 11.4 Å². The molecule has 0 saturated carbocycles. The van der Waals surface area contributed by atoms with Gasteiger partial charge in [-0.25, -0.2) is 0 Å². The molecule has 15 heavy (non-hydrogen) atoms. The molecule has 0 aromatic rings. The van der Waals surface area contributed by atoms with Gasteiger partial charge in [-0.05, 0) is 32.1 Å². The second kappa shape index (κ2) is 3.19. The van der Waals surface area contributed by atoms with Crippen molar-refractivity contribution < 1.29 is 14.7 Å². The number of carbonyl (C=O) groups excluding carboxylic acids is 1. The second-order valence-corrected chi connectivity index (χ2v) is 4.85. The van der Waals surface area contributed by atoms with Crippen molar-refractivity contribution in [2.24, 2.45) is 11.3 Å². The predicted octanol–water partition coefficient (Wildman–Crippen LogP) is 2.17. The van der Waals surface area contributed by atoms with Gasteiger partial charge in [-0.1, -0.05) is 12.5 Å². The van der Waals surface area contributed by atoms with Crippen molar-refractivity contribution in [3.05, 3.63) is 11.1 Å². The standard InChI is InChI=1S/C12H16O3/c1-7-3-4-8-5-6-9(13)10(8)12(7,2)11(14)15/h7H,3-6H2,1-2H3,(H,14,15)/t7-,12-/m1/s1. The fourth-order valence-corrected chi connectivity index (χ4v) is 2.86. The second-order valence-electron chi connectivity index (χ2n) is 4.85. The van der Waals surface area contributed by atoms with Gasteiger partial charge in [0.1, 0.15) is 0 Å². The van der Waals surface area contributed by atoms with Crippen LogP contribution in [0.15, 0.2) is 11.1 Å². The van der Waals surface area contributed by atoms with Gasteiger partial charge in [0.25, 0.3) is 0 Å². The number of allylic oxidation sites excluding steroid dienone is 1. The lowest BCUT2D eigenvalue weighted by molar-refractivity contribution is -0.150. The maximum absolute atomic E-state index is 11.8. The molecule has 0 saturated heterocycles. The number of carbonyl (C=O) groups is 2. The number of Topliss-reactive ketones (excluding diaryl/α,β-unsaturated/α-hetero) is 1. The highest BCUT2D eigenvalue weighted by Gasteiger charge is 2.50. The minimum absolute atomic E-state index is 0.0517. The molecule has 2 aliphatic rings. The van der Waals surface area contributed by atoms with E-state index in [-0.39, 0.29) is 11.7 Å². The molecule has 3 nitrogen and oxygen atoms in total. The third kappa shape index (κ3) is 1.25. The Bertz CT molecular complexity index is 367. The highest BCUT2D eigenvalue weighted by Crippen LogP contribution is 2.49. The lowest BCUT2D eigenvalue weighted by atomic mass is 9.65. The first kappa shape index (κ1) is 10.4. The Labute approximate surface area is 89.2 Å². The largest absolute Gasteiger partial charge is 0.481 e. The van der Waals surface area contributed by atoms with Crippen LogP contribution < -0.4 is 0 Å². The molecule has 0 bridgehead atoms. The summed E-state index contributed by atoms with van der Waals surface area (Å²) in [6.45, 7) is 3.64. The van der Waals surface area contributed by atoms with E-state index in [4.69, 9.17) is 0 Å². The normalized spacial score (nSPS) is 35.6. The average molecular weight is 208 g/mol. The maximum Gasteiger partial charge on any atom is 0.314 e. The average Bonchev–Trinajstić information content (AvgIpc) is 2.54. The Morgan fingerprint density at radius 2 is 2.07 bits per heavy atom. The molecule has 0 unspecified atom stereocenters. The van der Waals surface area contributed by atoms with Gasteiger partial charge in [0, 0.05) is 12.0 Å². The van der Waals surface area contributed by atoms with Crippen LogP contribution in [0.2, 0.25) is 0 Å². The quantitative estimate of drug-likeness (QED) is 0.718. The lowest BCUT2D eigenvalue weighted by Crippen LogP contribution is -2.40. The van der Waals surface area contributed by atoms with Crippen LogP contribution in [0.5, 0.6) is 0 Å². The molecule has 2 rings (SSSR count). The Morgan fingerprint density at radius 3 is 2.67 bits per heavy atom. The van der Waals surface area contributed by atoms with Gasteiger partial charge >= 0.3 is 5.97 Å². The Morgan fingerprint density at radius 1 is 1.40 bits per heavy atom. The predicted molar refractivity (Wildman–Crippen MR) is 55.4 cm³/mol. The highest BCUT2D eigenvalue weighted by atomic mass is 16.4. The SMILES string of the molecule is C[C@@H]1CCC2=C(C(=O)CC2)[C@]1(C)C(=O)O. The summed E-state index contributed by atoms with van der Waals surface area (Å²) in [4.78, 5) is 23.1. The highest BCUT2D eigenvalue weighted by molar-refractivity contribution is 6.05. The molecule has 0 heterocycles. The minimum Gasteiger partial charge on any atom is -0.481 e. The van der Waals surface area contributed by atoms with Crippen LogP contribution in [0.25, 0.3) is 0 Å². The van der Waals surface area contributed by atoms with Gasteiger partial charge in [-0.3, -0.25) is 9.59 Å². The van der Waals surface area contributed by atoms with Gasteiger partial charge in [0.05, 0.1) is 5.41 Å². The van der Waals surface area contributed by atoms with Crippen molar-refractivity contribution in [2.75, 3.05) is 0 Å². The molecule has 3 heteroatoms. The van der Waals surface area contributed by atoms with E-state index in [1.807, 2.05) is 6.92 Å². The van der Waals surface area contributed by atoms with Gasteiger partial charge < -0.3 is 5.11 Å². The zero-order valence-corrected chi connectivity index (χ0v) is 9.17. The molecular weight excluding hydrogens is 192 g/mol. The third-order valence-corrected chi connectivity index (χ3v) is 4.11. The van der Waals surface area contributed by atoms with Gasteiger partial charge in [0.15, 0.2) is 5.78 Å². The molecule has 2 aliphatic carbocycles. The van der Waals surface area contributed by atoms with Crippen LogP contribution in [0, 0.1) is 11.3 Å². The lowest BCUT2D eigenvalue weighted by Gasteiger charge is -2.37. The number of aliphatic carboxylic acids is 1. The number of carboxylic acid groups (broad SMARTS) is 1. The summed E-state index contributed by atoms with van der Waals surface area (Å²) in [5.41, 5.74) is 0.776. The number of hydrogen-bond donors (Lipinski definition) is 1. The molecule has 0 aromatic heterocycles. The molecule has 0 radical (unpaired) electrons. The summed E-state index contributed by atoms with van der Waals surface area (Å²) in [5, 5.41) is 9.35. The molecule has 82 valence electrons. The van der Waals surface area contributed by atoms with Crippen molar-refractivity contribution >= 4 is 11.8 Å². The van der Waals surface area contributed by atoms with Crippen molar-refractivity contribution in [1.29, 1.82) is 0 Å². The smallest absolute Gasteiger partial charge is 0.314 e. The van der Waals surface area contributed by atoms with Crippen LogP contribution in [-0.4, -0.2) is 16.9 Å². The van der Waals surface area contributed by atoms with E-state index in [2.05, 4.69) is 0 Å². The molecule has 0 aromatic carbocycles. The first-order valence-electron chi connectivity index (χ1n) is 5.47. The monoisotopic (exact) mass is 208 g/mol. The Balaban J connectivity index is 2.54. The zero-order valence-electron chi connectivity index (χ0n) is 9.17. The van der Waals surface area contributed by atoms with Crippen molar-refractivity contribution in [2.45, 2.75) is 39.5 Å². The molecule has 2 atom stereocenters. The summed E-state index contributed by atoms with van der Waals surface area (Å²) in [6, 6.07) is 0. The van der Waals surface area contributed by atoms with Gasteiger partial charge in [0.2, 0.25) is 0 Å². The molecule has 0 amide bonds. The fourth-order valence-electron chi connectivity index (χ4n) is 2.86. The number of hydrogen-bond acceptors (Lipinski definition) is 2. The zero-order chi connectivity index (χ0) is 11.2. The van der Waals surface area contributed by atoms with Crippen molar-refractivity contribution in [3.63, 3.8) is 0 Å². The summed E-state index contributed by atoms with van der Waals surface area (Å²) < 4.78 is 0. The topological polar surface area (TPSA) is 54.4 Å². The minimum atomic E-state index is -0.943. The maximum atomic E-state index is 11.8. The number of carboxylic acids is 1. The van der Waals surface area contributed by atoms with Crippen LogP contribution >= 0.6 is 0 Å². The van der Waals surface area contributed by atoms with Crippen molar-refractivity contribution in [1.82, 2.24) is 0 Å².